The van der Waals surface area contributed by atoms with Crippen molar-refractivity contribution in [2.45, 2.75) is 57.3 Å². The molecule has 0 aromatic rings. The van der Waals surface area contributed by atoms with Gasteiger partial charge in [-0.25, -0.2) is 0 Å². The lowest BCUT2D eigenvalue weighted by Gasteiger charge is -2.26. The van der Waals surface area contributed by atoms with Gasteiger partial charge in [0.1, 0.15) is 5.60 Å². The van der Waals surface area contributed by atoms with Crippen LogP contribution >= 0.6 is 0 Å². The number of carbonyl (C=O) groups is 1. The molecule has 0 spiro atoms. The Morgan fingerprint density at radius 2 is 2.46 bits per heavy atom. The smallest absolute Gasteiger partial charge is 0.151 e. The van der Waals surface area contributed by atoms with E-state index in [1.54, 1.807) is 0 Å². The predicted octanol–water partition coefficient (Wildman–Crippen LogP) is 1.25. The van der Waals surface area contributed by atoms with Crippen LogP contribution in [0.1, 0.15) is 39.5 Å². The van der Waals surface area contributed by atoms with Gasteiger partial charge < -0.3 is 15.3 Å². The molecule has 0 aliphatic heterocycles. The molecule has 0 amide bonds. The van der Waals surface area contributed by atoms with Crippen LogP contribution in [0.25, 0.3) is 0 Å². The maximum absolute atomic E-state index is 10.9. The standard InChI is InChI=1S/C10H19NO2/c1-3-8(2)13-10(7-12)5-4-9(11)6-10/h7-9H,3-6,11H2,1-2H3/t8?,9-,10?/m0/s1. The fraction of sp³-hybridized carbons (Fsp3) is 0.900. The molecule has 1 fully saturated rings. The molecule has 0 radical (unpaired) electrons. The van der Waals surface area contributed by atoms with E-state index in [0.717, 1.165) is 25.5 Å². The first kappa shape index (κ1) is 10.7. The molecular weight excluding hydrogens is 166 g/mol. The summed E-state index contributed by atoms with van der Waals surface area (Å²) < 4.78 is 5.72. The van der Waals surface area contributed by atoms with E-state index in [1.165, 1.54) is 0 Å². The van der Waals surface area contributed by atoms with Crippen molar-refractivity contribution in [3.05, 3.63) is 0 Å². The molecule has 13 heavy (non-hydrogen) atoms. The highest BCUT2D eigenvalue weighted by molar-refractivity contribution is 5.63. The minimum Gasteiger partial charge on any atom is -0.365 e. The molecule has 0 heterocycles. The van der Waals surface area contributed by atoms with Gasteiger partial charge in [0.05, 0.1) is 6.10 Å². The molecule has 1 saturated carbocycles. The van der Waals surface area contributed by atoms with Crippen molar-refractivity contribution in [2.75, 3.05) is 0 Å². The maximum Gasteiger partial charge on any atom is 0.151 e. The Kier molecular flexibility index (Phi) is 3.45. The minimum absolute atomic E-state index is 0.134. The molecule has 2 N–H and O–H groups in total. The number of nitrogens with two attached hydrogens (primary N) is 1. The molecule has 76 valence electrons. The lowest BCUT2D eigenvalue weighted by molar-refractivity contribution is -0.138. The van der Waals surface area contributed by atoms with Crippen molar-refractivity contribution >= 4 is 6.29 Å². The van der Waals surface area contributed by atoms with Gasteiger partial charge in [0.2, 0.25) is 0 Å². The summed E-state index contributed by atoms with van der Waals surface area (Å²) in [5.74, 6) is 0. The molecule has 3 nitrogen and oxygen atoms in total. The van der Waals surface area contributed by atoms with Crippen LogP contribution in [0.4, 0.5) is 0 Å². The third-order valence-electron chi connectivity index (χ3n) is 2.77. The molecule has 3 heteroatoms. The van der Waals surface area contributed by atoms with Crippen LogP contribution in [0.15, 0.2) is 0 Å². The van der Waals surface area contributed by atoms with Gasteiger partial charge in [-0.2, -0.15) is 0 Å². The molecule has 0 bridgehead atoms. The highest BCUT2D eigenvalue weighted by Gasteiger charge is 2.39. The Labute approximate surface area is 79.6 Å². The second-order valence-corrected chi connectivity index (χ2v) is 4.02. The van der Waals surface area contributed by atoms with Crippen molar-refractivity contribution in [1.29, 1.82) is 0 Å². The molecule has 0 saturated heterocycles. The van der Waals surface area contributed by atoms with Crippen molar-refractivity contribution in [3.63, 3.8) is 0 Å². The SMILES string of the molecule is CCC(C)OC1(C=O)CC[C@H](N)C1. The monoisotopic (exact) mass is 185 g/mol. The molecule has 1 aliphatic carbocycles. The molecular formula is C10H19NO2. The predicted molar refractivity (Wildman–Crippen MR) is 51.5 cm³/mol. The summed E-state index contributed by atoms with van der Waals surface area (Å²) in [6, 6.07) is 0.134. The minimum atomic E-state index is -0.575. The van der Waals surface area contributed by atoms with E-state index >= 15 is 0 Å². The largest absolute Gasteiger partial charge is 0.365 e. The number of ether oxygens (including phenoxy) is 1. The van der Waals surface area contributed by atoms with E-state index in [9.17, 15) is 4.79 Å². The van der Waals surface area contributed by atoms with Gasteiger partial charge in [-0.05, 0) is 32.6 Å². The summed E-state index contributed by atoms with van der Waals surface area (Å²) in [7, 11) is 0. The van der Waals surface area contributed by atoms with Crippen LogP contribution in [-0.4, -0.2) is 24.0 Å². The highest BCUT2D eigenvalue weighted by atomic mass is 16.5. The topological polar surface area (TPSA) is 52.3 Å². The Bertz CT molecular complexity index is 184. The molecule has 2 unspecified atom stereocenters. The zero-order valence-electron chi connectivity index (χ0n) is 8.45. The lowest BCUT2D eigenvalue weighted by Crippen LogP contribution is -2.36. The van der Waals surface area contributed by atoms with Crippen molar-refractivity contribution in [3.8, 4) is 0 Å². The first-order chi connectivity index (χ1) is 6.12. The summed E-state index contributed by atoms with van der Waals surface area (Å²) >= 11 is 0. The van der Waals surface area contributed by atoms with E-state index in [2.05, 4.69) is 6.92 Å². The van der Waals surface area contributed by atoms with E-state index in [0.29, 0.717) is 6.42 Å². The second kappa shape index (κ2) is 4.20. The number of rotatable bonds is 4. The molecule has 0 aromatic carbocycles. The van der Waals surface area contributed by atoms with Crippen LogP contribution in [0.3, 0.4) is 0 Å². The number of carbonyl (C=O) groups excluding carboxylic acids is 1. The van der Waals surface area contributed by atoms with Gasteiger partial charge in [0.25, 0.3) is 0 Å². The van der Waals surface area contributed by atoms with Crippen LogP contribution in [-0.2, 0) is 9.53 Å². The van der Waals surface area contributed by atoms with E-state index in [-0.39, 0.29) is 12.1 Å². The van der Waals surface area contributed by atoms with Gasteiger partial charge in [0.15, 0.2) is 6.29 Å². The van der Waals surface area contributed by atoms with Crippen LogP contribution in [0.2, 0.25) is 0 Å². The van der Waals surface area contributed by atoms with Gasteiger partial charge in [0, 0.05) is 6.04 Å². The molecule has 1 aliphatic rings. The van der Waals surface area contributed by atoms with Gasteiger partial charge in [-0.1, -0.05) is 6.92 Å². The average molecular weight is 185 g/mol. The molecule has 0 aromatic heterocycles. The number of aldehydes is 1. The quantitative estimate of drug-likeness (QED) is 0.671. The summed E-state index contributed by atoms with van der Waals surface area (Å²) in [4.78, 5) is 10.9. The number of hydrogen-bond donors (Lipinski definition) is 1. The van der Waals surface area contributed by atoms with Crippen LogP contribution in [0, 0.1) is 0 Å². The van der Waals surface area contributed by atoms with Crippen LogP contribution < -0.4 is 5.73 Å². The zero-order valence-corrected chi connectivity index (χ0v) is 8.45. The van der Waals surface area contributed by atoms with Crippen molar-refractivity contribution in [1.82, 2.24) is 0 Å². The summed E-state index contributed by atoms with van der Waals surface area (Å²) in [6.45, 7) is 4.05. The summed E-state index contributed by atoms with van der Waals surface area (Å²) in [5, 5.41) is 0. The Hall–Kier alpha value is -0.410. The maximum atomic E-state index is 10.9. The van der Waals surface area contributed by atoms with Gasteiger partial charge in [-0.3, -0.25) is 0 Å². The van der Waals surface area contributed by atoms with E-state index < -0.39 is 5.60 Å². The number of hydrogen-bond acceptors (Lipinski definition) is 3. The first-order valence-electron chi connectivity index (χ1n) is 5.01. The molecule has 1 rings (SSSR count). The van der Waals surface area contributed by atoms with Crippen molar-refractivity contribution < 1.29 is 9.53 Å². The van der Waals surface area contributed by atoms with E-state index in [4.69, 9.17) is 10.5 Å². The summed E-state index contributed by atoms with van der Waals surface area (Å²) in [6.07, 6.45) is 4.38. The fourth-order valence-corrected chi connectivity index (χ4v) is 1.80. The fourth-order valence-electron chi connectivity index (χ4n) is 1.80. The van der Waals surface area contributed by atoms with Gasteiger partial charge >= 0.3 is 0 Å². The Morgan fingerprint density at radius 1 is 1.77 bits per heavy atom. The normalized spacial score (nSPS) is 36.1. The van der Waals surface area contributed by atoms with Crippen LogP contribution in [0.5, 0.6) is 0 Å². The Morgan fingerprint density at radius 3 is 2.85 bits per heavy atom. The third kappa shape index (κ3) is 2.51. The van der Waals surface area contributed by atoms with Crippen molar-refractivity contribution in [2.24, 2.45) is 5.73 Å². The van der Waals surface area contributed by atoms with Gasteiger partial charge in [-0.15, -0.1) is 0 Å². The lowest BCUT2D eigenvalue weighted by atomic mass is 10.0. The summed E-state index contributed by atoms with van der Waals surface area (Å²) in [5.41, 5.74) is 5.19. The third-order valence-corrected chi connectivity index (χ3v) is 2.77. The Balaban J connectivity index is 2.55. The molecule has 3 atom stereocenters. The average Bonchev–Trinajstić information content (AvgIpc) is 2.48. The highest BCUT2D eigenvalue weighted by Crippen LogP contribution is 2.32. The van der Waals surface area contributed by atoms with E-state index in [1.807, 2.05) is 6.92 Å². The zero-order chi connectivity index (χ0) is 9.90. The first-order valence-corrected chi connectivity index (χ1v) is 5.01. The second-order valence-electron chi connectivity index (χ2n) is 4.02.